The number of halogens is 1. The minimum absolute atomic E-state index is 0.531. The van der Waals surface area contributed by atoms with Gasteiger partial charge in [0.25, 0.3) is 0 Å². The molecule has 2 heterocycles. The van der Waals surface area contributed by atoms with Crippen LogP contribution in [0.4, 0.5) is 5.69 Å². The molecular formula is C17H19ClN6S. The highest BCUT2D eigenvalue weighted by Gasteiger charge is 2.05. The molecule has 6 nitrogen and oxygen atoms in total. The molecule has 25 heavy (non-hydrogen) atoms. The molecule has 0 aliphatic rings. The van der Waals surface area contributed by atoms with Crippen LogP contribution < -0.4 is 10.6 Å². The van der Waals surface area contributed by atoms with Crippen molar-refractivity contribution >= 4 is 34.6 Å². The van der Waals surface area contributed by atoms with E-state index in [-0.39, 0.29) is 0 Å². The van der Waals surface area contributed by atoms with Gasteiger partial charge < -0.3 is 10.6 Å². The van der Waals surface area contributed by atoms with E-state index in [0.29, 0.717) is 18.2 Å². The van der Waals surface area contributed by atoms with E-state index >= 15 is 0 Å². The summed E-state index contributed by atoms with van der Waals surface area (Å²) in [6.45, 7) is 4.09. The first-order valence-corrected chi connectivity index (χ1v) is 8.75. The first-order chi connectivity index (χ1) is 12.1. The monoisotopic (exact) mass is 374 g/mol. The maximum absolute atomic E-state index is 6.18. The fourth-order valence-electron chi connectivity index (χ4n) is 2.34. The smallest absolute Gasteiger partial charge is 0.171 e. The number of nitrogens with one attached hydrogen (secondary N) is 2. The van der Waals surface area contributed by atoms with Gasteiger partial charge in [0.05, 0.1) is 30.7 Å². The fourth-order valence-corrected chi connectivity index (χ4v) is 2.72. The highest BCUT2D eigenvalue weighted by molar-refractivity contribution is 7.80. The first-order valence-electron chi connectivity index (χ1n) is 7.97. The average molecular weight is 375 g/mol. The van der Waals surface area contributed by atoms with E-state index in [1.165, 1.54) is 0 Å². The second-order valence-corrected chi connectivity index (χ2v) is 6.30. The van der Waals surface area contributed by atoms with Crippen LogP contribution in [0.1, 0.15) is 18.2 Å². The van der Waals surface area contributed by atoms with E-state index in [4.69, 9.17) is 23.8 Å². The zero-order valence-electron chi connectivity index (χ0n) is 13.8. The standard InChI is InChI=1S/C17H19ClN6S/c1-2-23-8-7-14(22-23)9-19-17(25)21-15-10-20-24(12-15)11-13-5-3-4-6-16(13)18/h3-8,10,12H,2,9,11H2,1H3,(H2,19,21,25). The van der Waals surface area contributed by atoms with Crippen molar-refractivity contribution < 1.29 is 0 Å². The molecule has 0 saturated heterocycles. The summed E-state index contributed by atoms with van der Waals surface area (Å²) < 4.78 is 3.70. The van der Waals surface area contributed by atoms with E-state index in [1.807, 2.05) is 52.1 Å². The van der Waals surface area contributed by atoms with Crippen molar-refractivity contribution in [2.24, 2.45) is 0 Å². The Labute approximate surface area is 156 Å². The van der Waals surface area contributed by atoms with Crippen LogP contribution in [0.15, 0.2) is 48.9 Å². The molecule has 0 spiro atoms. The maximum atomic E-state index is 6.18. The second kappa shape index (κ2) is 8.13. The zero-order chi connectivity index (χ0) is 17.6. The summed E-state index contributed by atoms with van der Waals surface area (Å²) >= 11 is 11.5. The highest BCUT2D eigenvalue weighted by atomic mass is 35.5. The third-order valence-electron chi connectivity index (χ3n) is 3.63. The van der Waals surface area contributed by atoms with Crippen LogP contribution in [0, 0.1) is 0 Å². The molecule has 0 fully saturated rings. The third-order valence-corrected chi connectivity index (χ3v) is 4.25. The number of hydrogen-bond acceptors (Lipinski definition) is 3. The molecule has 3 rings (SSSR count). The molecule has 2 N–H and O–H groups in total. The molecule has 8 heteroatoms. The van der Waals surface area contributed by atoms with Gasteiger partial charge in [-0.15, -0.1) is 0 Å². The normalized spacial score (nSPS) is 10.6. The van der Waals surface area contributed by atoms with Crippen molar-refractivity contribution in [3.8, 4) is 0 Å². The van der Waals surface area contributed by atoms with Crippen LogP contribution in [0.25, 0.3) is 0 Å². The van der Waals surface area contributed by atoms with Gasteiger partial charge in [-0.3, -0.25) is 9.36 Å². The van der Waals surface area contributed by atoms with Gasteiger partial charge in [-0.1, -0.05) is 29.8 Å². The number of nitrogens with zero attached hydrogens (tertiary/aromatic N) is 4. The first kappa shape index (κ1) is 17.4. The molecule has 130 valence electrons. The molecule has 3 aromatic rings. The molecular weight excluding hydrogens is 356 g/mol. The van der Waals surface area contributed by atoms with Crippen LogP contribution in [-0.2, 0) is 19.6 Å². The average Bonchev–Trinajstić information content (AvgIpc) is 3.24. The minimum atomic E-state index is 0.531. The Bertz CT molecular complexity index is 856. The Morgan fingerprint density at radius 3 is 2.84 bits per heavy atom. The number of rotatable bonds is 6. The van der Waals surface area contributed by atoms with Crippen LogP contribution in [0.3, 0.4) is 0 Å². The van der Waals surface area contributed by atoms with Gasteiger partial charge in [-0.25, -0.2) is 0 Å². The van der Waals surface area contributed by atoms with Gasteiger partial charge in [0, 0.05) is 24.0 Å². The summed E-state index contributed by atoms with van der Waals surface area (Å²) in [5.74, 6) is 0. The fraction of sp³-hybridized carbons (Fsp3) is 0.235. The molecule has 0 atom stereocenters. The molecule has 0 unspecified atom stereocenters. The van der Waals surface area contributed by atoms with Crippen LogP contribution in [-0.4, -0.2) is 24.7 Å². The lowest BCUT2D eigenvalue weighted by Crippen LogP contribution is -2.28. The van der Waals surface area contributed by atoms with E-state index in [0.717, 1.165) is 28.5 Å². The molecule has 0 bridgehead atoms. The predicted octanol–water partition coefficient (Wildman–Crippen LogP) is 3.29. The van der Waals surface area contributed by atoms with Gasteiger partial charge in [0.2, 0.25) is 0 Å². The molecule has 2 aromatic heterocycles. The molecule has 0 saturated carbocycles. The van der Waals surface area contributed by atoms with Crippen molar-refractivity contribution in [3.05, 3.63) is 65.2 Å². The third kappa shape index (κ3) is 4.80. The highest BCUT2D eigenvalue weighted by Crippen LogP contribution is 2.16. The minimum Gasteiger partial charge on any atom is -0.357 e. The Kier molecular flexibility index (Phi) is 5.67. The van der Waals surface area contributed by atoms with Crippen LogP contribution >= 0.6 is 23.8 Å². The summed E-state index contributed by atoms with van der Waals surface area (Å²) in [6.07, 6.45) is 5.58. The number of aromatic nitrogens is 4. The maximum Gasteiger partial charge on any atom is 0.171 e. The zero-order valence-corrected chi connectivity index (χ0v) is 15.4. The number of thiocarbonyl (C=S) groups is 1. The van der Waals surface area contributed by atoms with Crippen LogP contribution in [0.2, 0.25) is 5.02 Å². The van der Waals surface area contributed by atoms with Gasteiger partial charge in [0.1, 0.15) is 0 Å². The van der Waals surface area contributed by atoms with Gasteiger partial charge in [-0.05, 0) is 36.8 Å². The SMILES string of the molecule is CCn1ccc(CNC(=S)Nc2cnn(Cc3ccccc3Cl)c2)n1. The summed E-state index contributed by atoms with van der Waals surface area (Å²) in [4.78, 5) is 0. The topological polar surface area (TPSA) is 59.7 Å². The van der Waals surface area contributed by atoms with Crippen molar-refractivity contribution in [1.29, 1.82) is 0 Å². The largest absolute Gasteiger partial charge is 0.357 e. The van der Waals surface area contributed by atoms with Gasteiger partial charge in [0.15, 0.2) is 5.11 Å². The van der Waals surface area contributed by atoms with Crippen LogP contribution in [0.5, 0.6) is 0 Å². The quantitative estimate of drug-likeness (QED) is 0.648. The molecule has 1 aromatic carbocycles. The Morgan fingerprint density at radius 1 is 1.24 bits per heavy atom. The van der Waals surface area contributed by atoms with E-state index in [9.17, 15) is 0 Å². The predicted molar refractivity (Wildman–Crippen MR) is 104 cm³/mol. The summed E-state index contributed by atoms with van der Waals surface area (Å²) in [6, 6.07) is 9.70. The lowest BCUT2D eigenvalue weighted by molar-refractivity contribution is 0.643. The summed E-state index contributed by atoms with van der Waals surface area (Å²) in [5, 5.41) is 16.3. The van der Waals surface area contributed by atoms with E-state index in [1.54, 1.807) is 6.20 Å². The van der Waals surface area contributed by atoms with Gasteiger partial charge in [-0.2, -0.15) is 10.2 Å². The number of hydrogen-bond donors (Lipinski definition) is 2. The Balaban J connectivity index is 1.52. The molecule has 0 aliphatic heterocycles. The number of anilines is 1. The summed E-state index contributed by atoms with van der Waals surface area (Å²) in [7, 11) is 0. The van der Waals surface area contributed by atoms with E-state index in [2.05, 4.69) is 27.8 Å². The lowest BCUT2D eigenvalue weighted by Gasteiger charge is -2.07. The Hall–Kier alpha value is -2.38. The summed E-state index contributed by atoms with van der Waals surface area (Å²) in [5.41, 5.74) is 2.79. The lowest BCUT2D eigenvalue weighted by atomic mass is 10.2. The van der Waals surface area contributed by atoms with E-state index < -0.39 is 0 Å². The van der Waals surface area contributed by atoms with Crippen molar-refractivity contribution in [2.45, 2.75) is 26.6 Å². The number of benzene rings is 1. The van der Waals surface area contributed by atoms with Crippen molar-refractivity contribution in [1.82, 2.24) is 24.9 Å². The number of aryl methyl sites for hydroxylation is 1. The Morgan fingerprint density at radius 2 is 2.08 bits per heavy atom. The second-order valence-electron chi connectivity index (χ2n) is 5.49. The van der Waals surface area contributed by atoms with Crippen molar-refractivity contribution in [3.63, 3.8) is 0 Å². The molecule has 0 amide bonds. The molecule has 0 radical (unpaired) electrons. The molecule has 0 aliphatic carbocycles. The van der Waals surface area contributed by atoms with Gasteiger partial charge >= 0.3 is 0 Å². The van der Waals surface area contributed by atoms with Crippen molar-refractivity contribution in [2.75, 3.05) is 5.32 Å².